The number of benzene rings is 2. The third-order valence-corrected chi connectivity index (χ3v) is 4.30. The number of nitrogens with zero attached hydrogens (tertiary/aromatic N) is 1. The molecule has 0 fully saturated rings. The lowest BCUT2D eigenvalue weighted by Crippen LogP contribution is -2.12. The predicted molar refractivity (Wildman–Crippen MR) is 109 cm³/mol. The van der Waals surface area contributed by atoms with Gasteiger partial charge < -0.3 is 15.2 Å². The van der Waals surface area contributed by atoms with Crippen LogP contribution < -0.4 is 15.2 Å². The van der Waals surface area contributed by atoms with E-state index in [9.17, 15) is 4.79 Å². The van der Waals surface area contributed by atoms with Crippen molar-refractivity contribution in [2.45, 2.75) is 20.5 Å². The van der Waals surface area contributed by atoms with Crippen LogP contribution in [0.5, 0.6) is 11.5 Å². The molecule has 0 aliphatic heterocycles. The first-order valence-corrected chi connectivity index (χ1v) is 9.08. The maximum atomic E-state index is 11.3. The van der Waals surface area contributed by atoms with Crippen LogP contribution in [0.15, 0.2) is 42.0 Å². The number of ether oxygens (including phenoxy) is 2. The summed E-state index contributed by atoms with van der Waals surface area (Å²) >= 11 is 2.14. The third-order valence-electron chi connectivity index (χ3n) is 3.49. The Morgan fingerprint density at radius 2 is 2.08 bits per heavy atom. The van der Waals surface area contributed by atoms with Crippen LogP contribution in [-0.4, -0.2) is 12.5 Å². The highest BCUT2D eigenvalue weighted by Gasteiger charge is 2.13. The summed E-state index contributed by atoms with van der Waals surface area (Å²) in [6, 6.07) is 13.4. The van der Waals surface area contributed by atoms with E-state index >= 15 is 0 Å². The largest absolute Gasteiger partial charge is 0.490 e. The molecule has 0 aliphatic rings. The molecule has 6 heteroatoms. The lowest BCUT2D eigenvalue weighted by Gasteiger charge is -2.15. The summed E-state index contributed by atoms with van der Waals surface area (Å²) in [7, 11) is 0. The highest BCUT2D eigenvalue weighted by Crippen LogP contribution is 2.35. The van der Waals surface area contributed by atoms with Crippen molar-refractivity contribution in [3.05, 3.63) is 62.2 Å². The molecule has 5 nitrogen and oxygen atoms in total. The average Bonchev–Trinajstić information content (AvgIpc) is 2.59. The second-order valence-electron chi connectivity index (χ2n) is 5.57. The van der Waals surface area contributed by atoms with E-state index in [0.717, 1.165) is 9.13 Å². The maximum absolute atomic E-state index is 11.3. The van der Waals surface area contributed by atoms with Gasteiger partial charge >= 0.3 is 0 Å². The number of hydrogen-bond acceptors (Lipinski definition) is 4. The number of amides is 1. The molecule has 2 rings (SSSR count). The fourth-order valence-corrected chi connectivity index (χ4v) is 3.14. The van der Waals surface area contributed by atoms with E-state index in [2.05, 4.69) is 28.7 Å². The van der Waals surface area contributed by atoms with Gasteiger partial charge in [0.05, 0.1) is 10.2 Å². The molecule has 134 valence electrons. The highest BCUT2D eigenvalue weighted by atomic mass is 127. The lowest BCUT2D eigenvalue weighted by molar-refractivity contribution is -0.114. The van der Waals surface area contributed by atoms with Gasteiger partial charge in [-0.2, -0.15) is 5.26 Å². The zero-order chi connectivity index (χ0) is 19.1. The molecule has 0 atom stereocenters. The number of primary amides is 1. The monoisotopic (exact) mass is 462 g/mol. The molecular weight excluding hydrogens is 443 g/mol. The van der Waals surface area contributed by atoms with Gasteiger partial charge in [-0.05, 0) is 65.8 Å². The molecule has 0 saturated carbocycles. The first-order valence-electron chi connectivity index (χ1n) is 8.01. The Kier molecular flexibility index (Phi) is 7.04. The Morgan fingerprint density at radius 3 is 2.69 bits per heavy atom. The normalized spacial score (nSPS) is 10.9. The van der Waals surface area contributed by atoms with E-state index in [4.69, 9.17) is 20.5 Å². The summed E-state index contributed by atoms with van der Waals surface area (Å²) in [5.74, 6) is 0.420. The number of rotatable bonds is 7. The van der Waals surface area contributed by atoms with Gasteiger partial charge in [0.25, 0.3) is 5.91 Å². The fraction of sp³-hybridized carbons (Fsp3) is 0.200. The van der Waals surface area contributed by atoms with E-state index in [1.165, 1.54) is 11.6 Å². The van der Waals surface area contributed by atoms with Crippen LogP contribution in [0.3, 0.4) is 0 Å². The Labute approximate surface area is 166 Å². The molecule has 2 N–H and O–H groups in total. The van der Waals surface area contributed by atoms with Gasteiger partial charge in [0.15, 0.2) is 11.5 Å². The van der Waals surface area contributed by atoms with Gasteiger partial charge in [0, 0.05) is 0 Å². The summed E-state index contributed by atoms with van der Waals surface area (Å²) in [5.41, 5.74) is 7.96. The molecule has 0 spiro atoms. The number of halogens is 1. The summed E-state index contributed by atoms with van der Waals surface area (Å²) in [6.07, 6.45) is 1.44. The Hall–Kier alpha value is -2.53. The van der Waals surface area contributed by atoms with Crippen molar-refractivity contribution >= 4 is 34.6 Å². The van der Waals surface area contributed by atoms with Crippen molar-refractivity contribution in [1.29, 1.82) is 5.26 Å². The van der Waals surface area contributed by atoms with E-state index in [1.54, 1.807) is 12.1 Å². The van der Waals surface area contributed by atoms with Crippen molar-refractivity contribution in [3.63, 3.8) is 0 Å². The van der Waals surface area contributed by atoms with Crippen LogP contribution in [0.4, 0.5) is 0 Å². The summed E-state index contributed by atoms with van der Waals surface area (Å²) in [6.45, 7) is 4.79. The Balaban J connectivity index is 2.34. The van der Waals surface area contributed by atoms with Crippen LogP contribution >= 0.6 is 22.6 Å². The predicted octanol–water partition coefficient (Wildman–Crippen LogP) is 3.97. The number of carbonyl (C=O) groups excluding carboxylic acids is 1. The maximum Gasteiger partial charge on any atom is 0.259 e. The van der Waals surface area contributed by atoms with Gasteiger partial charge in [-0.15, -0.1) is 0 Å². The van der Waals surface area contributed by atoms with Gasteiger partial charge in [-0.25, -0.2) is 0 Å². The van der Waals surface area contributed by atoms with E-state index < -0.39 is 5.91 Å². The first-order chi connectivity index (χ1) is 12.4. The van der Waals surface area contributed by atoms with Crippen molar-refractivity contribution in [1.82, 2.24) is 0 Å². The van der Waals surface area contributed by atoms with Crippen LogP contribution in [0.25, 0.3) is 6.08 Å². The second kappa shape index (κ2) is 9.25. The van der Waals surface area contributed by atoms with Crippen LogP contribution in [0, 0.1) is 21.8 Å². The smallest absolute Gasteiger partial charge is 0.259 e. The molecule has 0 aromatic heterocycles. The zero-order valence-electron chi connectivity index (χ0n) is 14.6. The van der Waals surface area contributed by atoms with Crippen molar-refractivity contribution in [3.8, 4) is 17.6 Å². The topological polar surface area (TPSA) is 85.3 Å². The molecular formula is C20H19IN2O3. The molecule has 0 radical (unpaired) electrons. The fourth-order valence-electron chi connectivity index (χ4n) is 2.36. The molecule has 0 aliphatic carbocycles. The molecule has 0 saturated heterocycles. The van der Waals surface area contributed by atoms with E-state index in [-0.39, 0.29) is 5.57 Å². The van der Waals surface area contributed by atoms with Gasteiger partial charge in [0.2, 0.25) is 0 Å². The minimum absolute atomic E-state index is 0.114. The van der Waals surface area contributed by atoms with Crippen molar-refractivity contribution < 1.29 is 14.3 Å². The quantitative estimate of drug-likeness (QED) is 0.384. The molecule has 0 unspecified atom stereocenters. The third kappa shape index (κ3) is 5.23. The van der Waals surface area contributed by atoms with Gasteiger partial charge in [-0.3, -0.25) is 4.79 Å². The van der Waals surface area contributed by atoms with E-state index in [1.807, 2.05) is 38.1 Å². The van der Waals surface area contributed by atoms with Gasteiger partial charge in [0.1, 0.15) is 18.2 Å². The average molecular weight is 462 g/mol. The van der Waals surface area contributed by atoms with Gasteiger partial charge in [-0.1, -0.05) is 29.8 Å². The molecule has 2 aromatic carbocycles. The molecule has 26 heavy (non-hydrogen) atoms. The molecule has 0 heterocycles. The first kappa shape index (κ1) is 19.8. The molecule has 0 bridgehead atoms. The minimum Gasteiger partial charge on any atom is -0.490 e. The minimum atomic E-state index is -0.764. The molecule has 2 aromatic rings. The highest BCUT2D eigenvalue weighted by molar-refractivity contribution is 14.1. The van der Waals surface area contributed by atoms with Crippen molar-refractivity contribution in [2.75, 3.05) is 6.61 Å². The number of hydrogen-bond donors (Lipinski definition) is 1. The second-order valence-corrected chi connectivity index (χ2v) is 6.74. The SMILES string of the molecule is CCOc1cc(/C=C(\C#N)C(N)=O)cc(I)c1OCc1cccc(C)c1. The standard InChI is InChI=1S/C20H19IN2O3/c1-3-25-18-10-15(8-16(11-22)20(23)24)9-17(21)19(18)26-12-14-6-4-5-13(2)7-14/h4-10H,3,12H2,1-2H3,(H2,23,24)/b16-8+. The van der Waals surface area contributed by atoms with Crippen LogP contribution in [0.1, 0.15) is 23.6 Å². The number of nitrogens with two attached hydrogens (primary N) is 1. The lowest BCUT2D eigenvalue weighted by atomic mass is 10.1. The van der Waals surface area contributed by atoms with Crippen molar-refractivity contribution in [2.24, 2.45) is 5.73 Å². The summed E-state index contributed by atoms with van der Waals surface area (Å²) < 4.78 is 12.5. The van der Waals surface area contributed by atoms with E-state index in [0.29, 0.717) is 30.3 Å². The number of nitriles is 1. The number of aryl methyl sites for hydroxylation is 1. The summed E-state index contributed by atoms with van der Waals surface area (Å²) in [4.78, 5) is 11.3. The Morgan fingerprint density at radius 1 is 1.31 bits per heavy atom. The zero-order valence-corrected chi connectivity index (χ0v) is 16.7. The Bertz CT molecular complexity index is 885. The summed E-state index contributed by atoms with van der Waals surface area (Å²) in [5, 5.41) is 9.01. The van der Waals surface area contributed by atoms with Crippen LogP contribution in [-0.2, 0) is 11.4 Å². The molecule has 1 amide bonds. The van der Waals surface area contributed by atoms with Crippen LogP contribution in [0.2, 0.25) is 0 Å². The number of carbonyl (C=O) groups is 1.